The van der Waals surface area contributed by atoms with Crippen molar-refractivity contribution in [3.63, 3.8) is 0 Å². The van der Waals surface area contributed by atoms with Gasteiger partial charge >= 0.3 is 5.97 Å². The van der Waals surface area contributed by atoms with Crippen molar-refractivity contribution >= 4 is 11.9 Å². The molecular weight excluding hydrogens is 244 g/mol. The van der Waals surface area contributed by atoms with Crippen LogP contribution in [0.4, 0.5) is 0 Å². The average Bonchev–Trinajstić information content (AvgIpc) is 2.44. The van der Waals surface area contributed by atoms with Gasteiger partial charge in [-0.1, -0.05) is 24.0 Å². The third kappa shape index (κ3) is 4.12. The lowest BCUT2D eigenvalue weighted by Gasteiger charge is -2.16. The van der Waals surface area contributed by atoms with Gasteiger partial charge in [0.05, 0.1) is 19.2 Å². The van der Waals surface area contributed by atoms with Crippen LogP contribution in [0.1, 0.15) is 15.9 Å². The van der Waals surface area contributed by atoms with Gasteiger partial charge in [-0.05, 0) is 12.1 Å². The highest BCUT2D eigenvalue weighted by Gasteiger charge is 2.17. The highest BCUT2D eigenvalue weighted by atomic mass is 16.5. The third-order valence-corrected chi connectivity index (χ3v) is 2.42. The van der Waals surface area contributed by atoms with E-state index in [0.717, 1.165) is 0 Å². The number of esters is 1. The van der Waals surface area contributed by atoms with Crippen molar-refractivity contribution in [2.45, 2.75) is 0 Å². The monoisotopic (exact) mass is 260 g/mol. The van der Waals surface area contributed by atoms with Crippen LogP contribution in [0.25, 0.3) is 0 Å². The largest absolute Gasteiger partial charge is 0.468 e. The van der Waals surface area contributed by atoms with Crippen LogP contribution in [0.3, 0.4) is 0 Å². The highest BCUT2D eigenvalue weighted by molar-refractivity contribution is 5.98. The molecule has 0 saturated heterocycles. The minimum absolute atomic E-state index is 0.103. The Morgan fingerprint density at radius 2 is 2.05 bits per heavy atom. The van der Waals surface area contributed by atoms with Crippen molar-refractivity contribution in [2.24, 2.45) is 5.73 Å². The average molecular weight is 260 g/mol. The Hall–Kier alpha value is -2.32. The zero-order valence-electron chi connectivity index (χ0n) is 11.0. The first-order chi connectivity index (χ1) is 9.10. The summed E-state index contributed by atoms with van der Waals surface area (Å²) in [6.45, 7) is 0.120. The second-order valence-corrected chi connectivity index (χ2v) is 3.79. The SMILES string of the molecule is COC(=O)CN(C)C(=O)c1ccccc1C#CCN. The first-order valence-electron chi connectivity index (χ1n) is 5.70. The number of carbonyl (C=O) groups is 2. The van der Waals surface area contributed by atoms with E-state index in [1.807, 2.05) is 0 Å². The molecule has 19 heavy (non-hydrogen) atoms. The summed E-state index contributed by atoms with van der Waals surface area (Å²) < 4.78 is 4.52. The fraction of sp³-hybridized carbons (Fsp3) is 0.286. The molecule has 0 radical (unpaired) electrons. The topological polar surface area (TPSA) is 72.6 Å². The molecule has 0 bridgehead atoms. The second kappa shape index (κ2) is 7.19. The summed E-state index contributed by atoms with van der Waals surface area (Å²) in [7, 11) is 2.81. The molecule has 1 aromatic carbocycles. The van der Waals surface area contributed by atoms with Gasteiger partial charge in [-0.15, -0.1) is 0 Å². The van der Waals surface area contributed by atoms with E-state index in [0.29, 0.717) is 11.1 Å². The lowest BCUT2D eigenvalue weighted by Crippen LogP contribution is -2.33. The summed E-state index contributed by atoms with van der Waals surface area (Å²) in [4.78, 5) is 24.6. The maximum absolute atomic E-state index is 12.2. The van der Waals surface area contributed by atoms with Crippen LogP contribution in [-0.2, 0) is 9.53 Å². The molecule has 1 aromatic rings. The maximum atomic E-state index is 12.2. The van der Waals surface area contributed by atoms with Crippen LogP contribution in [0.15, 0.2) is 24.3 Å². The Bertz CT molecular complexity index is 529. The van der Waals surface area contributed by atoms with Crippen LogP contribution in [0, 0.1) is 11.8 Å². The highest BCUT2D eigenvalue weighted by Crippen LogP contribution is 2.10. The molecule has 5 heteroatoms. The molecule has 0 unspecified atom stereocenters. The molecule has 100 valence electrons. The maximum Gasteiger partial charge on any atom is 0.325 e. The smallest absolute Gasteiger partial charge is 0.325 e. The normalized spacial score (nSPS) is 9.21. The molecule has 0 aliphatic rings. The Labute approximate surface area is 112 Å². The lowest BCUT2D eigenvalue weighted by atomic mass is 10.1. The van der Waals surface area contributed by atoms with Crippen molar-refractivity contribution in [1.29, 1.82) is 0 Å². The van der Waals surface area contributed by atoms with E-state index >= 15 is 0 Å². The molecule has 5 nitrogen and oxygen atoms in total. The zero-order chi connectivity index (χ0) is 14.3. The predicted molar refractivity (Wildman–Crippen MR) is 71.4 cm³/mol. The first-order valence-corrected chi connectivity index (χ1v) is 5.70. The number of hydrogen-bond donors (Lipinski definition) is 1. The van der Waals surface area contributed by atoms with Gasteiger partial charge in [0.25, 0.3) is 5.91 Å². The number of ether oxygens (including phenoxy) is 1. The summed E-state index contributed by atoms with van der Waals surface area (Å²) >= 11 is 0. The van der Waals surface area contributed by atoms with Crippen LogP contribution in [0.5, 0.6) is 0 Å². The zero-order valence-corrected chi connectivity index (χ0v) is 11.0. The number of rotatable bonds is 3. The van der Waals surface area contributed by atoms with Crippen molar-refractivity contribution in [3.05, 3.63) is 35.4 Å². The minimum atomic E-state index is -0.471. The Kier molecular flexibility index (Phi) is 5.58. The number of benzene rings is 1. The van der Waals surface area contributed by atoms with E-state index in [2.05, 4.69) is 16.6 Å². The van der Waals surface area contributed by atoms with E-state index in [9.17, 15) is 9.59 Å². The van der Waals surface area contributed by atoms with E-state index in [-0.39, 0.29) is 19.0 Å². The first kappa shape index (κ1) is 14.7. The Morgan fingerprint density at radius 1 is 1.37 bits per heavy atom. The van der Waals surface area contributed by atoms with Gasteiger partial charge in [-0.25, -0.2) is 0 Å². The Balaban J connectivity index is 2.96. The molecule has 0 aliphatic heterocycles. The molecule has 0 saturated carbocycles. The standard InChI is InChI=1S/C14H16N2O3/c1-16(10-13(17)19-2)14(18)12-8-4-3-6-11(12)7-5-9-15/h3-4,6,8H,9-10,15H2,1-2H3. The van der Waals surface area contributed by atoms with Gasteiger partial charge in [-0.2, -0.15) is 0 Å². The van der Waals surface area contributed by atoms with Crippen molar-refractivity contribution in [1.82, 2.24) is 4.90 Å². The van der Waals surface area contributed by atoms with Crippen molar-refractivity contribution in [3.8, 4) is 11.8 Å². The molecule has 0 aliphatic carbocycles. The van der Waals surface area contributed by atoms with Gasteiger partial charge in [0.2, 0.25) is 0 Å². The van der Waals surface area contributed by atoms with E-state index in [1.165, 1.54) is 19.1 Å². The van der Waals surface area contributed by atoms with E-state index in [4.69, 9.17) is 5.73 Å². The molecule has 0 spiro atoms. The molecule has 0 aromatic heterocycles. The minimum Gasteiger partial charge on any atom is -0.468 e. The van der Waals surface area contributed by atoms with E-state index < -0.39 is 5.97 Å². The summed E-state index contributed by atoms with van der Waals surface area (Å²) in [5.74, 6) is 4.79. The lowest BCUT2D eigenvalue weighted by molar-refractivity contribution is -0.141. The molecule has 0 atom stereocenters. The van der Waals surface area contributed by atoms with E-state index in [1.54, 1.807) is 24.3 Å². The summed E-state index contributed by atoms with van der Waals surface area (Å²) in [6, 6.07) is 6.93. The fourth-order valence-electron chi connectivity index (χ4n) is 1.46. The van der Waals surface area contributed by atoms with Gasteiger partial charge in [-0.3, -0.25) is 9.59 Å². The molecular formula is C14H16N2O3. The summed E-state index contributed by atoms with van der Waals surface area (Å²) in [6.07, 6.45) is 0. The molecule has 1 rings (SSSR count). The van der Waals surface area contributed by atoms with Gasteiger partial charge < -0.3 is 15.4 Å². The van der Waals surface area contributed by atoms with Gasteiger partial charge in [0, 0.05) is 12.6 Å². The fourth-order valence-corrected chi connectivity index (χ4v) is 1.46. The third-order valence-electron chi connectivity index (χ3n) is 2.42. The number of nitrogens with zero attached hydrogens (tertiary/aromatic N) is 1. The molecule has 2 N–H and O–H groups in total. The van der Waals surface area contributed by atoms with Crippen LogP contribution in [-0.4, -0.2) is 44.0 Å². The van der Waals surface area contributed by atoms with Gasteiger partial charge in [0.15, 0.2) is 0 Å². The molecule has 1 amide bonds. The number of carbonyl (C=O) groups excluding carboxylic acids is 2. The van der Waals surface area contributed by atoms with Gasteiger partial charge in [0.1, 0.15) is 6.54 Å². The van der Waals surface area contributed by atoms with Crippen molar-refractivity contribution < 1.29 is 14.3 Å². The van der Waals surface area contributed by atoms with Crippen molar-refractivity contribution in [2.75, 3.05) is 27.2 Å². The molecule has 0 heterocycles. The summed E-state index contributed by atoms with van der Waals surface area (Å²) in [5.41, 5.74) is 6.35. The summed E-state index contributed by atoms with van der Waals surface area (Å²) in [5, 5.41) is 0. The second-order valence-electron chi connectivity index (χ2n) is 3.79. The number of nitrogens with two attached hydrogens (primary N) is 1. The van der Waals surface area contributed by atoms with Crippen LogP contribution in [0.2, 0.25) is 0 Å². The number of likely N-dealkylation sites (N-methyl/N-ethyl adjacent to an activating group) is 1. The van der Waals surface area contributed by atoms with Crippen LogP contribution < -0.4 is 5.73 Å². The quantitative estimate of drug-likeness (QED) is 0.624. The number of methoxy groups -OCH3 is 1. The van der Waals surface area contributed by atoms with Crippen LogP contribution >= 0.6 is 0 Å². The number of hydrogen-bond acceptors (Lipinski definition) is 4. The Morgan fingerprint density at radius 3 is 2.68 bits per heavy atom. The number of amides is 1. The predicted octanol–water partition coefficient (Wildman–Crippen LogP) is 0.242. The molecule has 0 fully saturated rings.